The van der Waals surface area contributed by atoms with E-state index < -0.39 is 11.4 Å². The summed E-state index contributed by atoms with van der Waals surface area (Å²) in [6, 6.07) is 13.7. The lowest BCUT2D eigenvalue weighted by atomic mass is 9.72. The van der Waals surface area contributed by atoms with Gasteiger partial charge in [0.25, 0.3) is 0 Å². The van der Waals surface area contributed by atoms with E-state index in [1.54, 1.807) is 7.11 Å². The molecule has 1 saturated heterocycles. The number of rotatable bonds is 5. The van der Waals surface area contributed by atoms with Crippen LogP contribution in [0.3, 0.4) is 0 Å². The minimum atomic E-state index is -1.10. The fourth-order valence-electron chi connectivity index (χ4n) is 6.57. The number of fused-ring (bicyclic) bond motifs is 1. The van der Waals surface area contributed by atoms with Gasteiger partial charge in [-0.3, -0.25) is 4.98 Å². The Hall–Kier alpha value is -1.60. The number of hydrogen-bond donors (Lipinski definition) is 1. The fraction of sp³-hybridized carbons (Fsp3) is 0.621. The average molecular weight is 496 g/mol. The lowest BCUT2D eigenvalue weighted by Crippen LogP contribution is -2.51. The maximum absolute atomic E-state index is 13.1. The summed E-state index contributed by atoms with van der Waals surface area (Å²) in [4.78, 5) is 7.48. The Morgan fingerprint density at radius 2 is 1.83 bits per heavy atom. The van der Waals surface area contributed by atoms with Crippen LogP contribution in [0.5, 0.6) is 5.75 Å². The molecule has 2 aliphatic carbocycles. The summed E-state index contributed by atoms with van der Waals surface area (Å²) in [6.07, 6.45) is 10.2. The SMILES string of the molecule is COc1cccc(C2CCC(N3CCC4(CC3)Cc3ncccc3[C@H]4N[S+]([O-])C(C)(C)C)CC2)c1. The van der Waals surface area contributed by atoms with Gasteiger partial charge in [0.1, 0.15) is 10.5 Å². The first-order chi connectivity index (χ1) is 16.8. The van der Waals surface area contributed by atoms with E-state index in [2.05, 4.69) is 33.9 Å². The van der Waals surface area contributed by atoms with Gasteiger partial charge in [-0.1, -0.05) is 18.2 Å². The summed E-state index contributed by atoms with van der Waals surface area (Å²) in [5, 5.41) is 0. The highest BCUT2D eigenvalue weighted by Gasteiger charge is 2.51. The topological polar surface area (TPSA) is 60.5 Å². The van der Waals surface area contributed by atoms with Crippen LogP contribution in [0.25, 0.3) is 0 Å². The molecule has 1 aromatic carbocycles. The molecule has 5 rings (SSSR count). The molecule has 1 N–H and O–H groups in total. The van der Waals surface area contributed by atoms with Crippen LogP contribution in [0.1, 0.15) is 88.1 Å². The first kappa shape index (κ1) is 25.1. The van der Waals surface area contributed by atoms with Crippen LogP contribution in [0.2, 0.25) is 0 Å². The summed E-state index contributed by atoms with van der Waals surface area (Å²) in [7, 11) is 1.75. The molecule has 0 bridgehead atoms. The number of ether oxygens (including phenoxy) is 1. The molecule has 1 unspecified atom stereocenters. The van der Waals surface area contributed by atoms with Gasteiger partial charge in [0.15, 0.2) is 0 Å². The van der Waals surface area contributed by atoms with Gasteiger partial charge in [-0.25, -0.2) is 0 Å². The Morgan fingerprint density at radius 3 is 2.51 bits per heavy atom. The second-order valence-electron chi connectivity index (χ2n) is 11.8. The van der Waals surface area contributed by atoms with Gasteiger partial charge in [0.05, 0.1) is 13.2 Å². The molecule has 1 saturated carbocycles. The molecule has 3 aliphatic rings. The highest BCUT2D eigenvalue weighted by molar-refractivity contribution is 7.90. The van der Waals surface area contributed by atoms with Gasteiger partial charge in [-0.15, -0.1) is 4.72 Å². The minimum Gasteiger partial charge on any atom is -0.598 e. The second-order valence-corrected chi connectivity index (χ2v) is 13.8. The van der Waals surface area contributed by atoms with Gasteiger partial charge in [0.2, 0.25) is 0 Å². The predicted octanol–water partition coefficient (Wildman–Crippen LogP) is 5.55. The Kier molecular flexibility index (Phi) is 7.19. The number of hydrogen-bond acceptors (Lipinski definition) is 5. The number of pyridine rings is 1. The molecule has 0 amide bonds. The van der Waals surface area contributed by atoms with Crippen molar-refractivity contribution in [2.45, 2.75) is 88.5 Å². The number of nitrogens with one attached hydrogen (secondary N) is 1. The maximum atomic E-state index is 13.1. The number of likely N-dealkylation sites (tertiary alicyclic amines) is 1. The lowest BCUT2D eigenvalue weighted by Gasteiger charge is -2.47. The standard InChI is InChI=1S/C29H41N3O2S/c1-28(2,3)35(33)31-27-25-9-6-16-30-26(25)20-29(27)14-17-32(18-15-29)23-12-10-21(11-13-23)22-7-5-8-24(19-22)34-4/h5-9,16,19,21,23,27,31H,10-15,17-18,20H2,1-4H3/t21?,23?,27-,35?/m1/s1. The van der Waals surface area contributed by atoms with Crippen LogP contribution in [0, 0.1) is 5.41 Å². The molecule has 2 heterocycles. The zero-order valence-corrected chi connectivity index (χ0v) is 22.6. The molecular weight excluding hydrogens is 454 g/mol. The van der Waals surface area contributed by atoms with Gasteiger partial charge >= 0.3 is 0 Å². The molecule has 2 fully saturated rings. The summed E-state index contributed by atoms with van der Waals surface area (Å²) < 4.78 is 21.8. The number of aromatic nitrogens is 1. The van der Waals surface area contributed by atoms with Crippen molar-refractivity contribution in [1.29, 1.82) is 0 Å². The van der Waals surface area contributed by atoms with Crippen molar-refractivity contribution in [1.82, 2.24) is 14.6 Å². The number of nitrogens with zero attached hydrogens (tertiary/aromatic N) is 2. The first-order valence-electron chi connectivity index (χ1n) is 13.3. The highest BCUT2D eigenvalue weighted by atomic mass is 32.2. The molecule has 2 atom stereocenters. The Balaban J connectivity index is 1.23. The Morgan fingerprint density at radius 1 is 1.09 bits per heavy atom. The van der Waals surface area contributed by atoms with Crippen LogP contribution in [-0.2, 0) is 17.8 Å². The average Bonchev–Trinajstić information content (AvgIpc) is 3.16. The van der Waals surface area contributed by atoms with Gasteiger partial charge < -0.3 is 14.2 Å². The summed E-state index contributed by atoms with van der Waals surface area (Å²) >= 11 is -1.10. The summed E-state index contributed by atoms with van der Waals surface area (Å²) in [6.45, 7) is 8.40. The van der Waals surface area contributed by atoms with E-state index in [9.17, 15) is 4.55 Å². The van der Waals surface area contributed by atoms with Crippen LogP contribution >= 0.6 is 0 Å². The molecular formula is C29H41N3O2S. The van der Waals surface area contributed by atoms with Crippen molar-refractivity contribution in [2.24, 2.45) is 5.41 Å². The van der Waals surface area contributed by atoms with Gasteiger partial charge in [-0.2, -0.15) is 0 Å². The van der Waals surface area contributed by atoms with Crippen molar-refractivity contribution < 1.29 is 9.29 Å². The molecule has 1 aliphatic heterocycles. The maximum Gasteiger partial charge on any atom is 0.136 e. The summed E-state index contributed by atoms with van der Waals surface area (Å²) in [5.74, 6) is 1.61. The van der Waals surface area contributed by atoms with E-state index in [0.717, 1.165) is 38.1 Å². The molecule has 35 heavy (non-hydrogen) atoms. The van der Waals surface area contributed by atoms with E-state index >= 15 is 0 Å². The monoisotopic (exact) mass is 495 g/mol. The summed E-state index contributed by atoms with van der Waals surface area (Å²) in [5.41, 5.74) is 4.00. The van der Waals surface area contributed by atoms with Crippen LogP contribution in [0.4, 0.5) is 0 Å². The Bertz CT molecular complexity index is 1010. The molecule has 1 spiro atoms. The molecule has 5 nitrogen and oxygen atoms in total. The largest absolute Gasteiger partial charge is 0.598 e. The number of benzene rings is 1. The zero-order valence-electron chi connectivity index (χ0n) is 21.8. The fourth-order valence-corrected chi connectivity index (χ4v) is 7.51. The zero-order chi connectivity index (χ0) is 24.6. The van der Waals surface area contributed by atoms with Crippen molar-refractivity contribution in [3.05, 3.63) is 59.4 Å². The third-order valence-corrected chi connectivity index (χ3v) is 10.3. The Labute approximate surface area is 214 Å². The third-order valence-electron chi connectivity index (χ3n) is 8.72. The molecule has 2 aromatic rings. The first-order valence-corrected chi connectivity index (χ1v) is 14.4. The third kappa shape index (κ3) is 5.13. The van der Waals surface area contributed by atoms with Gasteiger partial charge in [-0.05, 0) is 114 Å². The normalized spacial score (nSPS) is 27.5. The quantitative estimate of drug-likeness (QED) is 0.551. The van der Waals surface area contributed by atoms with Crippen molar-refractivity contribution in [3.8, 4) is 5.75 Å². The van der Waals surface area contributed by atoms with E-state index in [1.165, 1.54) is 42.5 Å². The molecule has 190 valence electrons. The number of piperidine rings is 1. The predicted molar refractivity (Wildman–Crippen MR) is 143 cm³/mol. The van der Waals surface area contributed by atoms with Crippen LogP contribution < -0.4 is 9.46 Å². The van der Waals surface area contributed by atoms with E-state index in [1.807, 2.05) is 39.1 Å². The minimum absolute atomic E-state index is 0.117. The molecule has 6 heteroatoms. The van der Waals surface area contributed by atoms with E-state index in [-0.39, 0.29) is 16.2 Å². The molecule has 0 radical (unpaired) electrons. The van der Waals surface area contributed by atoms with Crippen LogP contribution in [-0.4, -0.2) is 45.4 Å². The molecule has 1 aromatic heterocycles. The van der Waals surface area contributed by atoms with E-state index in [0.29, 0.717) is 12.0 Å². The highest BCUT2D eigenvalue weighted by Crippen LogP contribution is 2.52. The number of methoxy groups -OCH3 is 1. The van der Waals surface area contributed by atoms with E-state index in [4.69, 9.17) is 9.72 Å². The van der Waals surface area contributed by atoms with Gasteiger partial charge in [0, 0.05) is 34.7 Å². The van der Waals surface area contributed by atoms with Crippen molar-refractivity contribution in [2.75, 3.05) is 20.2 Å². The van der Waals surface area contributed by atoms with Crippen molar-refractivity contribution in [3.63, 3.8) is 0 Å². The second kappa shape index (κ2) is 10.0. The van der Waals surface area contributed by atoms with Crippen molar-refractivity contribution >= 4 is 11.4 Å². The van der Waals surface area contributed by atoms with Crippen LogP contribution in [0.15, 0.2) is 42.6 Å². The smallest absolute Gasteiger partial charge is 0.136 e. The lowest BCUT2D eigenvalue weighted by molar-refractivity contribution is 0.0437.